The molecule has 3 rings (SSSR count). The zero-order chi connectivity index (χ0) is 18.8. The third-order valence-electron chi connectivity index (χ3n) is 4.93. The summed E-state index contributed by atoms with van der Waals surface area (Å²) in [7, 11) is 0. The lowest BCUT2D eigenvalue weighted by atomic mass is 10.1. The van der Waals surface area contributed by atoms with Crippen LogP contribution in [0.15, 0.2) is 35.1 Å². The number of amides is 1. The third-order valence-corrected chi connectivity index (χ3v) is 4.93. The van der Waals surface area contributed by atoms with Gasteiger partial charge in [-0.25, -0.2) is 0 Å². The molecule has 1 aliphatic heterocycles. The molecule has 0 saturated carbocycles. The average molecular weight is 350 g/mol. The highest BCUT2D eigenvalue weighted by Crippen LogP contribution is 2.24. The van der Waals surface area contributed by atoms with Gasteiger partial charge in [-0.1, -0.05) is 18.2 Å². The number of nitrogens with zero attached hydrogens (tertiary/aromatic N) is 3. The van der Waals surface area contributed by atoms with E-state index in [1.54, 1.807) is 6.92 Å². The maximum atomic E-state index is 13.0. The Morgan fingerprint density at radius 3 is 2.65 bits per heavy atom. The molecule has 1 aromatic heterocycles. The number of rotatable bonds is 2. The molecule has 1 atom stereocenters. The third kappa shape index (κ3) is 3.21. The number of piperazine rings is 1. The minimum atomic E-state index is -0.459. The molecule has 1 N–H and O–H groups in total. The van der Waals surface area contributed by atoms with Gasteiger partial charge in [0.15, 0.2) is 0 Å². The molecule has 0 spiro atoms. The van der Waals surface area contributed by atoms with Gasteiger partial charge in [0.2, 0.25) is 0 Å². The highest BCUT2D eigenvalue weighted by Gasteiger charge is 2.29. The molecule has 1 aliphatic rings. The second-order valence-electron chi connectivity index (χ2n) is 6.74. The Morgan fingerprint density at radius 2 is 2.00 bits per heavy atom. The minimum Gasteiger partial charge on any atom is -0.367 e. The van der Waals surface area contributed by atoms with Crippen LogP contribution in [-0.4, -0.2) is 41.5 Å². The van der Waals surface area contributed by atoms with E-state index in [2.05, 4.69) is 28.9 Å². The van der Waals surface area contributed by atoms with Crippen LogP contribution >= 0.6 is 0 Å². The Hall–Kier alpha value is -3.07. The van der Waals surface area contributed by atoms with Gasteiger partial charge in [0, 0.05) is 37.1 Å². The van der Waals surface area contributed by atoms with Crippen molar-refractivity contribution >= 4 is 11.6 Å². The maximum absolute atomic E-state index is 13.0. The molecule has 2 heterocycles. The Balaban J connectivity index is 1.82. The van der Waals surface area contributed by atoms with E-state index in [9.17, 15) is 9.59 Å². The lowest BCUT2D eigenvalue weighted by Crippen LogP contribution is -2.54. The molecule has 1 fully saturated rings. The summed E-state index contributed by atoms with van der Waals surface area (Å²) in [5, 5.41) is 9.06. The fourth-order valence-electron chi connectivity index (χ4n) is 3.48. The lowest BCUT2D eigenvalue weighted by molar-refractivity contribution is 0.0673. The van der Waals surface area contributed by atoms with Gasteiger partial charge in [-0.05, 0) is 38.5 Å². The number of hydrogen-bond donors (Lipinski definition) is 1. The van der Waals surface area contributed by atoms with Crippen LogP contribution in [0.5, 0.6) is 0 Å². The van der Waals surface area contributed by atoms with Crippen LogP contribution in [0.2, 0.25) is 0 Å². The molecular formula is C20H22N4O2. The van der Waals surface area contributed by atoms with E-state index in [1.807, 2.05) is 30.0 Å². The number of nitrogens with one attached hydrogen (secondary N) is 1. The van der Waals surface area contributed by atoms with E-state index < -0.39 is 5.56 Å². The van der Waals surface area contributed by atoms with Gasteiger partial charge in [-0.15, -0.1) is 0 Å². The fourth-order valence-corrected chi connectivity index (χ4v) is 3.48. The molecule has 134 valence electrons. The number of pyridine rings is 1. The second kappa shape index (κ2) is 7.04. The first-order chi connectivity index (χ1) is 12.4. The Morgan fingerprint density at radius 1 is 1.27 bits per heavy atom. The summed E-state index contributed by atoms with van der Waals surface area (Å²) in [6, 6.07) is 11.5. The van der Waals surface area contributed by atoms with E-state index in [-0.39, 0.29) is 17.5 Å². The predicted molar refractivity (Wildman–Crippen MR) is 100 cm³/mol. The molecule has 26 heavy (non-hydrogen) atoms. The molecule has 0 unspecified atom stereocenters. The Bertz CT molecular complexity index is 942. The predicted octanol–water partition coefficient (Wildman–Crippen LogP) is 2.21. The molecule has 1 aromatic carbocycles. The van der Waals surface area contributed by atoms with Gasteiger partial charge in [0.1, 0.15) is 11.6 Å². The van der Waals surface area contributed by atoms with Crippen molar-refractivity contribution < 1.29 is 4.79 Å². The number of hydrogen-bond acceptors (Lipinski definition) is 4. The van der Waals surface area contributed by atoms with Crippen LogP contribution < -0.4 is 10.5 Å². The molecule has 6 heteroatoms. The average Bonchev–Trinajstić information content (AvgIpc) is 2.61. The number of carbonyl (C=O) groups excluding carboxylic acids is 1. The van der Waals surface area contributed by atoms with Gasteiger partial charge < -0.3 is 14.8 Å². The van der Waals surface area contributed by atoms with Crippen molar-refractivity contribution in [3.63, 3.8) is 0 Å². The first-order valence-corrected chi connectivity index (χ1v) is 8.68. The van der Waals surface area contributed by atoms with Gasteiger partial charge in [0.05, 0.1) is 5.56 Å². The van der Waals surface area contributed by atoms with Crippen LogP contribution in [-0.2, 0) is 0 Å². The standard InChI is InChI=1S/C20H22N4O2/c1-13-6-4-5-7-18(13)23-8-9-24(14(2)12-23)20(26)17-10-16(11-21)19(25)22-15(17)3/h4-7,10,14H,8-9,12H2,1-3H3,(H,22,25)/t14-/m1/s1. The Labute approximate surface area is 152 Å². The molecule has 1 saturated heterocycles. The van der Waals surface area contributed by atoms with Gasteiger partial charge in [-0.3, -0.25) is 9.59 Å². The number of aromatic nitrogens is 1. The fraction of sp³-hybridized carbons (Fsp3) is 0.350. The maximum Gasteiger partial charge on any atom is 0.266 e. The van der Waals surface area contributed by atoms with Gasteiger partial charge >= 0.3 is 0 Å². The van der Waals surface area contributed by atoms with Gasteiger partial charge in [-0.2, -0.15) is 5.26 Å². The normalized spacial score (nSPS) is 17.1. The summed E-state index contributed by atoms with van der Waals surface area (Å²) < 4.78 is 0. The molecule has 6 nitrogen and oxygen atoms in total. The van der Waals surface area contributed by atoms with Crippen molar-refractivity contribution in [2.75, 3.05) is 24.5 Å². The largest absolute Gasteiger partial charge is 0.367 e. The topological polar surface area (TPSA) is 80.2 Å². The number of aromatic amines is 1. The van der Waals surface area contributed by atoms with E-state index in [0.29, 0.717) is 17.8 Å². The number of benzene rings is 1. The number of H-pyrrole nitrogens is 1. The summed E-state index contributed by atoms with van der Waals surface area (Å²) in [4.78, 5) is 31.4. The van der Waals surface area contributed by atoms with Crippen LogP contribution in [0.3, 0.4) is 0 Å². The van der Waals surface area contributed by atoms with Crippen LogP contribution in [0.25, 0.3) is 0 Å². The first-order valence-electron chi connectivity index (χ1n) is 8.68. The summed E-state index contributed by atoms with van der Waals surface area (Å²) in [5.74, 6) is -0.146. The second-order valence-corrected chi connectivity index (χ2v) is 6.74. The summed E-state index contributed by atoms with van der Waals surface area (Å²) in [6.07, 6.45) is 0. The smallest absolute Gasteiger partial charge is 0.266 e. The monoisotopic (exact) mass is 350 g/mol. The number of nitriles is 1. The SMILES string of the molecule is Cc1ccccc1N1CCN(C(=O)c2cc(C#N)c(=O)[nH]c2C)[C@H](C)C1. The molecule has 2 aromatic rings. The number of para-hydroxylation sites is 1. The molecular weight excluding hydrogens is 328 g/mol. The summed E-state index contributed by atoms with van der Waals surface area (Å²) in [5.41, 5.74) is 2.79. The van der Waals surface area contributed by atoms with Crippen molar-refractivity contribution in [2.24, 2.45) is 0 Å². The zero-order valence-electron chi connectivity index (χ0n) is 15.2. The lowest BCUT2D eigenvalue weighted by Gasteiger charge is -2.41. The summed E-state index contributed by atoms with van der Waals surface area (Å²) >= 11 is 0. The van der Waals surface area contributed by atoms with E-state index in [4.69, 9.17) is 5.26 Å². The van der Waals surface area contributed by atoms with Crippen molar-refractivity contribution in [1.29, 1.82) is 5.26 Å². The van der Waals surface area contributed by atoms with E-state index in [0.717, 1.165) is 13.1 Å². The molecule has 0 bridgehead atoms. The summed E-state index contributed by atoms with van der Waals surface area (Å²) in [6.45, 7) is 7.87. The number of carbonyl (C=O) groups is 1. The zero-order valence-corrected chi connectivity index (χ0v) is 15.2. The van der Waals surface area contributed by atoms with Gasteiger partial charge in [0.25, 0.3) is 11.5 Å². The number of aryl methyl sites for hydroxylation is 2. The first kappa shape index (κ1) is 17.7. The van der Waals surface area contributed by atoms with Crippen LogP contribution in [0.1, 0.15) is 34.1 Å². The minimum absolute atomic E-state index is 0.0210. The van der Waals surface area contributed by atoms with Crippen molar-refractivity contribution in [3.05, 3.63) is 63.1 Å². The van der Waals surface area contributed by atoms with Crippen LogP contribution in [0.4, 0.5) is 5.69 Å². The van der Waals surface area contributed by atoms with Crippen LogP contribution in [0, 0.1) is 25.2 Å². The number of anilines is 1. The quantitative estimate of drug-likeness (QED) is 0.900. The Kier molecular flexibility index (Phi) is 4.81. The van der Waals surface area contributed by atoms with E-state index >= 15 is 0 Å². The highest BCUT2D eigenvalue weighted by atomic mass is 16.2. The highest BCUT2D eigenvalue weighted by molar-refractivity contribution is 5.96. The van der Waals surface area contributed by atoms with Crippen molar-refractivity contribution in [1.82, 2.24) is 9.88 Å². The molecule has 0 aliphatic carbocycles. The molecule has 0 radical (unpaired) electrons. The van der Waals surface area contributed by atoms with Crippen molar-refractivity contribution in [3.8, 4) is 6.07 Å². The van der Waals surface area contributed by atoms with E-state index in [1.165, 1.54) is 17.3 Å². The van der Waals surface area contributed by atoms with Crippen molar-refractivity contribution in [2.45, 2.75) is 26.8 Å². The molecule has 1 amide bonds.